The van der Waals surface area contributed by atoms with E-state index in [2.05, 4.69) is 11.3 Å². The lowest BCUT2D eigenvalue weighted by Gasteiger charge is -2.20. The smallest absolute Gasteiger partial charge is 0.315 e. The number of carbonyl (C=O) groups is 2. The largest absolute Gasteiger partial charge is 0.468 e. The molecule has 68 valence electrons. The minimum atomic E-state index is -0.874. The van der Waals surface area contributed by atoms with Gasteiger partial charge in [0.2, 0.25) is 0 Å². The SMILES string of the molecule is C=CC(C)(CC(C)=O)C(=O)OC. The minimum Gasteiger partial charge on any atom is -0.468 e. The number of hydrogen-bond donors (Lipinski definition) is 0. The number of ketones is 1. The van der Waals surface area contributed by atoms with Crippen molar-refractivity contribution < 1.29 is 14.3 Å². The van der Waals surface area contributed by atoms with Crippen molar-refractivity contribution in [1.82, 2.24) is 0 Å². The second-order valence-corrected chi connectivity index (χ2v) is 2.99. The monoisotopic (exact) mass is 170 g/mol. The van der Waals surface area contributed by atoms with Crippen LogP contribution in [0.1, 0.15) is 20.3 Å². The molecule has 3 nitrogen and oxygen atoms in total. The van der Waals surface area contributed by atoms with Gasteiger partial charge in [0, 0.05) is 6.42 Å². The van der Waals surface area contributed by atoms with Crippen molar-refractivity contribution in [2.75, 3.05) is 7.11 Å². The molecule has 0 aliphatic carbocycles. The number of Topliss-reactive ketones (excluding diaryl/α,β-unsaturated/α-hetero) is 1. The predicted octanol–water partition coefficient (Wildman–Crippen LogP) is 1.33. The molecule has 0 saturated carbocycles. The third-order valence-electron chi connectivity index (χ3n) is 1.72. The van der Waals surface area contributed by atoms with Gasteiger partial charge in [0.15, 0.2) is 0 Å². The van der Waals surface area contributed by atoms with E-state index >= 15 is 0 Å². The molecule has 0 aromatic rings. The highest BCUT2D eigenvalue weighted by Crippen LogP contribution is 2.24. The summed E-state index contributed by atoms with van der Waals surface area (Å²) in [4.78, 5) is 21.9. The van der Waals surface area contributed by atoms with Crippen molar-refractivity contribution in [3.8, 4) is 0 Å². The third-order valence-corrected chi connectivity index (χ3v) is 1.72. The molecule has 0 fully saturated rings. The van der Waals surface area contributed by atoms with E-state index in [1.807, 2.05) is 0 Å². The Kier molecular flexibility index (Phi) is 3.67. The zero-order valence-electron chi connectivity index (χ0n) is 7.72. The predicted molar refractivity (Wildman–Crippen MR) is 45.6 cm³/mol. The number of rotatable bonds is 4. The van der Waals surface area contributed by atoms with Crippen LogP contribution in [0.4, 0.5) is 0 Å². The summed E-state index contributed by atoms with van der Waals surface area (Å²) in [6.07, 6.45) is 1.59. The fraction of sp³-hybridized carbons (Fsp3) is 0.556. The summed E-state index contributed by atoms with van der Waals surface area (Å²) in [5, 5.41) is 0. The molecule has 3 heteroatoms. The fourth-order valence-corrected chi connectivity index (χ4v) is 0.978. The first-order chi connectivity index (χ1) is 5.46. The van der Waals surface area contributed by atoms with Crippen LogP contribution in [0.25, 0.3) is 0 Å². The number of hydrogen-bond acceptors (Lipinski definition) is 3. The molecule has 0 aliphatic heterocycles. The first kappa shape index (κ1) is 10.9. The summed E-state index contributed by atoms with van der Waals surface area (Å²) >= 11 is 0. The lowest BCUT2D eigenvalue weighted by atomic mass is 9.85. The Morgan fingerprint density at radius 2 is 2.08 bits per heavy atom. The molecule has 0 aromatic carbocycles. The van der Waals surface area contributed by atoms with Gasteiger partial charge in [-0.05, 0) is 13.8 Å². The van der Waals surface area contributed by atoms with E-state index in [1.165, 1.54) is 20.1 Å². The second kappa shape index (κ2) is 4.04. The van der Waals surface area contributed by atoms with Crippen LogP contribution in [0.5, 0.6) is 0 Å². The summed E-state index contributed by atoms with van der Waals surface area (Å²) in [5.41, 5.74) is -0.874. The van der Waals surface area contributed by atoms with Crippen molar-refractivity contribution >= 4 is 11.8 Å². The topological polar surface area (TPSA) is 43.4 Å². The first-order valence-electron chi connectivity index (χ1n) is 3.67. The molecule has 0 saturated heterocycles. The lowest BCUT2D eigenvalue weighted by molar-refractivity contribution is -0.150. The van der Waals surface area contributed by atoms with Gasteiger partial charge in [-0.3, -0.25) is 9.59 Å². The maximum atomic E-state index is 11.2. The molecular formula is C9H14O3. The van der Waals surface area contributed by atoms with Gasteiger partial charge >= 0.3 is 5.97 Å². The molecule has 0 radical (unpaired) electrons. The normalized spacial score (nSPS) is 14.6. The molecule has 0 aromatic heterocycles. The highest BCUT2D eigenvalue weighted by atomic mass is 16.5. The molecule has 1 atom stereocenters. The second-order valence-electron chi connectivity index (χ2n) is 2.99. The van der Waals surface area contributed by atoms with Gasteiger partial charge in [0.25, 0.3) is 0 Å². The zero-order chi connectivity index (χ0) is 9.78. The quantitative estimate of drug-likeness (QED) is 0.472. The van der Waals surface area contributed by atoms with Gasteiger partial charge in [-0.2, -0.15) is 0 Å². The van der Waals surface area contributed by atoms with Crippen molar-refractivity contribution in [1.29, 1.82) is 0 Å². The van der Waals surface area contributed by atoms with E-state index in [4.69, 9.17) is 0 Å². The number of carbonyl (C=O) groups excluding carboxylic acids is 2. The summed E-state index contributed by atoms with van der Waals surface area (Å²) < 4.78 is 4.54. The molecule has 0 bridgehead atoms. The van der Waals surface area contributed by atoms with Crippen LogP contribution in [0, 0.1) is 5.41 Å². The maximum absolute atomic E-state index is 11.2. The molecule has 0 amide bonds. The van der Waals surface area contributed by atoms with E-state index < -0.39 is 11.4 Å². The van der Waals surface area contributed by atoms with E-state index in [-0.39, 0.29) is 12.2 Å². The van der Waals surface area contributed by atoms with Crippen molar-refractivity contribution in [2.24, 2.45) is 5.41 Å². The molecule has 12 heavy (non-hydrogen) atoms. The van der Waals surface area contributed by atoms with Crippen molar-refractivity contribution in [3.63, 3.8) is 0 Å². The first-order valence-corrected chi connectivity index (χ1v) is 3.67. The maximum Gasteiger partial charge on any atom is 0.315 e. The van der Waals surface area contributed by atoms with Crippen LogP contribution in [0.2, 0.25) is 0 Å². The molecule has 0 spiro atoms. The fourth-order valence-electron chi connectivity index (χ4n) is 0.978. The van der Waals surface area contributed by atoms with Crippen LogP contribution < -0.4 is 0 Å². The Hall–Kier alpha value is -1.12. The van der Waals surface area contributed by atoms with Crippen molar-refractivity contribution in [3.05, 3.63) is 12.7 Å². The Labute approximate surface area is 72.4 Å². The summed E-state index contributed by atoms with van der Waals surface area (Å²) in [6.45, 7) is 6.57. The average Bonchev–Trinajstić information content (AvgIpc) is 2.01. The Morgan fingerprint density at radius 1 is 1.58 bits per heavy atom. The average molecular weight is 170 g/mol. The van der Waals surface area contributed by atoms with Crippen LogP contribution in [-0.2, 0) is 14.3 Å². The van der Waals surface area contributed by atoms with E-state index in [0.717, 1.165) is 0 Å². The highest BCUT2D eigenvalue weighted by molar-refractivity contribution is 5.86. The van der Waals surface area contributed by atoms with E-state index in [9.17, 15) is 9.59 Å². The molecule has 1 unspecified atom stereocenters. The lowest BCUT2D eigenvalue weighted by Crippen LogP contribution is -2.28. The van der Waals surface area contributed by atoms with Gasteiger partial charge in [0.05, 0.1) is 12.5 Å². The number of ether oxygens (including phenoxy) is 1. The highest BCUT2D eigenvalue weighted by Gasteiger charge is 2.32. The van der Waals surface area contributed by atoms with Crippen LogP contribution in [-0.4, -0.2) is 18.9 Å². The Balaban J connectivity index is 4.55. The standard InChI is InChI=1S/C9H14O3/c1-5-9(3,6-7(2)10)8(11)12-4/h5H,1,6H2,2-4H3. The van der Waals surface area contributed by atoms with Gasteiger partial charge in [-0.1, -0.05) is 6.08 Å². The van der Waals surface area contributed by atoms with Gasteiger partial charge < -0.3 is 4.74 Å². The van der Waals surface area contributed by atoms with Gasteiger partial charge in [-0.15, -0.1) is 6.58 Å². The van der Waals surface area contributed by atoms with E-state index in [1.54, 1.807) is 6.92 Å². The molecule has 0 aliphatic rings. The van der Waals surface area contributed by atoms with Crippen LogP contribution in [0.15, 0.2) is 12.7 Å². The number of methoxy groups -OCH3 is 1. The Bertz CT molecular complexity index is 208. The van der Waals surface area contributed by atoms with Crippen LogP contribution in [0.3, 0.4) is 0 Å². The minimum absolute atomic E-state index is 0.0530. The van der Waals surface area contributed by atoms with Crippen LogP contribution >= 0.6 is 0 Å². The molecular weight excluding hydrogens is 156 g/mol. The molecule has 0 N–H and O–H groups in total. The van der Waals surface area contributed by atoms with Gasteiger partial charge in [-0.25, -0.2) is 0 Å². The zero-order valence-corrected chi connectivity index (χ0v) is 7.72. The summed E-state index contributed by atoms with van der Waals surface area (Å²) in [5.74, 6) is -0.476. The third kappa shape index (κ3) is 2.49. The summed E-state index contributed by atoms with van der Waals surface area (Å²) in [6, 6.07) is 0. The Morgan fingerprint density at radius 3 is 2.33 bits per heavy atom. The summed E-state index contributed by atoms with van der Waals surface area (Å²) in [7, 11) is 1.30. The van der Waals surface area contributed by atoms with Crippen molar-refractivity contribution in [2.45, 2.75) is 20.3 Å². The number of esters is 1. The van der Waals surface area contributed by atoms with Gasteiger partial charge in [0.1, 0.15) is 5.78 Å². The molecule has 0 rings (SSSR count). The van der Waals surface area contributed by atoms with E-state index in [0.29, 0.717) is 0 Å². The molecule has 0 heterocycles.